The first-order valence-corrected chi connectivity index (χ1v) is 7.45. The smallest absolute Gasteiger partial charge is 0.198 e. The molecule has 0 bridgehead atoms. The Morgan fingerprint density at radius 1 is 1.14 bits per heavy atom. The van der Waals surface area contributed by atoms with Gasteiger partial charge < -0.3 is 10.5 Å². The second-order valence-corrected chi connectivity index (χ2v) is 5.73. The van der Waals surface area contributed by atoms with Crippen LogP contribution < -0.4 is 10.5 Å². The highest BCUT2D eigenvalue weighted by Crippen LogP contribution is 2.29. The summed E-state index contributed by atoms with van der Waals surface area (Å²) >= 11 is 3.28. The molecule has 0 saturated heterocycles. The fourth-order valence-corrected chi connectivity index (χ4v) is 2.16. The van der Waals surface area contributed by atoms with Gasteiger partial charge in [-0.3, -0.25) is 0 Å². The molecule has 0 saturated carbocycles. The minimum Gasteiger partial charge on any atom is -0.451 e. The molecular weight excluding hydrogens is 340 g/mol. The summed E-state index contributed by atoms with van der Waals surface area (Å²) in [4.78, 5) is 0. The zero-order chi connectivity index (χ0) is 15.4. The normalized spacial score (nSPS) is 12.2. The van der Waals surface area contributed by atoms with E-state index in [1.54, 1.807) is 24.3 Å². The van der Waals surface area contributed by atoms with Crippen LogP contribution in [0.1, 0.15) is 18.9 Å². The number of rotatable bonds is 5. The highest BCUT2D eigenvalue weighted by molar-refractivity contribution is 9.10. The van der Waals surface area contributed by atoms with Crippen LogP contribution >= 0.6 is 15.9 Å². The standard InChI is InChI=1S/C16H16BrF2NO/c1-2-12(20)7-10-8-14(18)16(15(19)9-10)21-13-5-3-11(17)4-6-13/h3-6,8-9,12H,2,7,20H2,1H3. The van der Waals surface area contributed by atoms with E-state index in [9.17, 15) is 8.78 Å². The number of ether oxygens (including phenoxy) is 1. The Kier molecular flexibility index (Phi) is 5.31. The zero-order valence-electron chi connectivity index (χ0n) is 11.6. The highest BCUT2D eigenvalue weighted by Gasteiger charge is 2.15. The topological polar surface area (TPSA) is 35.2 Å². The molecule has 1 unspecified atom stereocenters. The van der Waals surface area contributed by atoms with Gasteiger partial charge in [-0.15, -0.1) is 0 Å². The van der Waals surface area contributed by atoms with Crippen molar-refractivity contribution in [3.63, 3.8) is 0 Å². The third kappa shape index (κ3) is 4.25. The Labute approximate surface area is 131 Å². The van der Waals surface area contributed by atoms with Crippen LogP contribution in [0.15, 0.2) is 40.9 Å². The van der Waals surface area contributed by atoms with E-state index in [1.165, 1.54) is 12.1 Å². The fourth-order valence-electron chi connectivity index (χ4n) is 1.90. The first-order valence-electron chi connectivity index (χ1n) is 6.66. The molecule has 21 heavy (non-hydrogen) atoms. The van der Waals surface area contributed by atoms with Crippen molar-refractivity contribution >= 4 is 15.9 Å². The van der Waals surface area contributed by atoms with Crippen LogP contribution in [0.5, 0.6) is 11.5 Å². The van der Waals surface area contributed by atoms with Gasteiger partial charge in [0.1, 0.15) is 5.75 Å². The summed E-state index contributed by atoms with van der Waals surface area (Å²) in [5.74, 6) is -1.48. The van der Waals surface area contributed by atoms with Gasteiger partial charge in [0.15, 0.2) is 17.4 Å². The van der Waals surface area contributed by atoms with E-state index in [4.69, 9.17) is 10.5 Å². The van der Waals surface area contributed by atoms with Crippen molar-refractivity contribution in [2.75, 3.05) is 0 Å². The second kappa shape index (κ2) is 7.00. The molecule has 0 amide bonds. The van der Waals surface area contributed by atoms with E-state index < -0.39 is 17.4 Å². The molecule has 1 atom stereocenters. The van der Waals surface area contributed by atoms with Crippen LogP contribution in [-0.2, 0) is 6.42 Å². The van der Waals surface area contributed by atoms with Gasteiger partial charge in [0, 0.05) is 10.5 Å². The van der Waals surface area contributed by atoms with Crippen molar-refractivity contribution in [3.05, 3.63) is 58.1 Å². The van der Waals surface area contributed by atoms with Crippen molar-refractivity contribution in [1.29, 1.82) is 0 Å². The van der Waals surface area contributed by atoms with Gasteiger partial charge in [-0.25, -0.2) is 8.78 Å². The third-order valence-electron chi connectivity index (χ3n) is 3.11. The summed E-state index contributed by atoms with van der Waals surface area (Å²) in [7, 11) is 0. The van der Waals surface area contributed by atoms with Crippen molar-refractivity contribution in [2.45, 2.75) is 25.8 Å². The zero-order valence-corrected chi connectivity index (χ0v) is 13.2. The first kappa shape index (κ1) is 15.9. The van der Waals surface area contributed by atoms with Crippen LogP contribution in [0, 0.1) is 11.6 Å². The first-order chi connectivity index (χ1) is 9.99. The molecule has 0 aliphatic heterocycles. The van der Waals surface area contributed by atoms with E-state index in [1.807, 2.05) is 6.92 Å². The Bertz CT molecular complexity index is 593. The summed E-state index contributed by atoms with van der Waals surface area (Å²) in [5, 5.41) is 0. The van der Waals surface area contributed by atoms with Gasteiger partial charge in [0.25, 0.3) is 0 Å². The van der Waals surface area contributed by atoms with E-state index in [-0.39, 0.29) is 6.04 Å². The Morgan fingerprint density at radius 3 is 2.24 bits per heavy atom. The van der Waals surface area contributed by atoms with E-state index in [0.717, 1.165) is 10.9 Å². The summed E-state index contributed by atoms with van der Waals surface area (Å²) in [6.45, 7) is 1.93. The van der Waals surface area contributed by atoms with Crippen LogP contribution in [0.3, 0.4) is 0 Å². The lowest BCUT2D eigenvalue weighted by Crippen LogP contribution is -2.21. The number of benzene rings is 2. The fraction of sp³-hybridized carbons (Fsp3) is 0.250. The number of hydrogen-bond acceptors (Lipinski definition) is 2. The molecule has 2 aromatic rings. The molecule has 0 aliphatic carbocycles. The molecule has 2 rings (SSSR count). The minimum atomic E-state index is -0.726. The molecular formula is C16H16BrF2NO. The summed E-state index contributed by atoms with van der Waals surface area (Å²) < 4.78 is 34.2. The van der Waals surface area contributed by atoms with Crippen molar-refractivity contribution in [2.24, 2.45) is 5.73 Å². The lowest BCUT2D eigenvalue weighted by Gasteiger charge is -2.12. The van der Waals surface area contributed by atoms with Crippen LogP contribution in [0.25, 0.3) is 0 Å². The monoisotopic (exact) mass is 355 g/mol. The van der Waals surface area contributed by atoms with Crippen molar-refractivity contribution in [3.8, 4) is 11.5 Å². The van der Waals surface area contributed by atoms with E-state index in [0.29, 0.717) is 17.7 Å². The molecule has 2 nitrogen and oxygen atoms in total. The molecule has 0 radical (unpaired) electrons. The molecule has 0 aromatic heterocycles. The largest absolute Gasteiger partial charge is 0.451 e. The van der Waals surface area contributed by atoms with Gasteiger partial charge in [0.2, 0.25) is 0 Å². The maximum atomic E-state index is 14.0. The van der Waals surface area contributed by atoms with E-state index in [2.05, 4.69) is 15.9 Å². The Balaban J connectivity index is 2.22. The van der Waals surface area contributed by atoms with Crippen LogP contribution in [0.4, 0.5) is 8.78 Å². The minimum absolute atomic E-state index is 0.109. The van der Waals surface area contributed by atoms with Crippen molar-refractivity contribution in [1.82, 2.24) is 0 Å². The molecule has 0 fully saturated rings. The Hall–Kier alpha value is -1.46. The van der Waals surface area contributed by atoms with E-state index >= 15 is 0 Å². The lowest BCUT2D eigenvalue weighted by atomic mass is 10.0. The second-order valence-electron chi connectivity index (χ2n) is 4.82. The molecule has 5 heteroatoms. The SMILES string of the molecule is CCC(N)Cc1cc(F)c(Oc2ccc(Br)cc2)c(F)c1. The predicted molar refractivity (Wildman–Crippen MR) is 82.5 cm³/mol. The van der Waals surface area contributed by atoms with Crippen molar-refractivity contribution < 1.29 is 13.5 Å². The average Bonchev–Trinajstić information content (AvgIpc) is 2.44. The molecule has 0 heterocycles. The van der Waals surface area contributed by atoms with Crippen LogP contribution in [-0.4, -0.2) is 6.04 Å². The molecule has 2 aromatic carbocycles. The quantitative estimate of drug-likeness (QED) is 0.835. The highest BCUT2D eigenvalue weighted by atomic mass is 79.9. The Morgan fingerprint density at radius 2 is 1.71 bits per heavy atom. The van der Waals surface area contributed by atoms with Gasteiger partial charge in [-0.1, -0.05) is 22.9 Å². The van der Waals surface area contributed by atoms with Gasteiger partial charge in [-0.05, 0) is 54.8 Å². The third-order valence-corrected chi connectivity index (χ3v) is 3.64. The molecule has 0 aliphatic rings. The van der Waals surface area contributed by atoms with Gasteiger partial charge in [0.05, 0.1) is 0 Å². The maximum Gasteiger partial charge on any atom is 0.198 e. The van der Waals surface area contributed by atoms with Gasteiger partial charge in [-0.2, -0.15) is 0 Å². The predicted octanol–water partition coefficient (Wildman–Crippen LogP) is 4.80. The lowest BCUT2D eigenvalue weighted by molar-refractivity contribution is 0.406. The number of nitrogens with two attached hydrogens (primary N) is 1. The summed E-state index contributed by atoms with van der Waals surface area (Å²) in [6.07, 6.45) is 1.18. The van der Waals surface area contributed by atoms with Crippen LogP contribution in [0.2, 0.25) is 0 Å². The number of halogens is 3. The molecule has 0 spiro atoms. The van der Waals surface area contributed by atoms with Gasteiger partial charge >= 0.3 is 0 Å². The summed E-state index contributed by atoms with van der Waals surface area (Å²) in [6, 6.07) is 9.16. The summed E-state index contributed by atoms with van der Waals surface area (Å²) in [5.41, 5.74) is 6.33. The molecule has 112 valence electrons. The molecule has 2 N–H and O–H groups in total. The maximum absolute atomic E-state index is 14.0. The number of hydrogen-bond donors (Lipinski definition) is 1. The average molecular weight is 356 g/mol.